The number of halogens is 1. The Morgan fingerprint density at radius 3 is 3.06 bits per heavy atom. The van der Waals surface area contributed by atoms with E-state index in [0.717, 1.165) is 36.7 Å². The summed E-state index contributed by atoms with van der Waals surface area (Å²) >= 11 is 5.97. The number of ether oxygens (including phenoxy) is 1. The van der Waals surface area contributed by atoms with Crippen LogP contribution in [0.4, 0.5) is 0 Å². The molecule has 2 rings (SSSR count). The smallest absolute Gasteiger partial charge is 0.123 e. The van der Waals surface area contributed by atoms with Crippen molar-refractivity contribution in [3.05, 3.63) is 28.8 Å². The molecule has 1 aromatic rings. The van der Waals surface area contributed by atoms with Crippen LogP contribution in [0.1, 0.15) is 25.3 Å². The Labute approximate surface area is 102 Å². The van der Waals surface area contributed by atoms with Gasteiger partial charge in [-0.15, -0.1) is 0 Å². The van der Waals surface area contributed by atoms with Gasteiger partial charge in [0.2, 0.25) is 0 Å². The molecule has 0 radical (unpaired) electrons. The second-order valence-electron chi connectivity index (χ2n) is 4.19. The minimum Gasteiger partial charge on any atom is -0.489 e. The lowest BCUT2D eigenvalue weighted by molar-refractivity contribution is 0.165. The van der Waals surface area contributed by atoms with Crippen molar-refractivity contribution in [2.45, 2.75) is 32.3 Å². The molecule has 88 valence electrons. The van der Waals surface area contributed by atoms with Crippen LogP contribution in [0.15, 0.2) is 18.2 Å². The van der Waals surface area contributed by atoms with Gasteiger partial charge in [-0.3, -0.25) is 0 Å². The zero-order valence-electron chi connectivity index (χ0n) is 9.63. The average molecular weight is 240 g/mol. The fourth-order valence-corrected chi connectivity index (χ4v) is 2.23. The summed E-state index contributed by atoms with van der Waals surface area (Å²) in [6, 6.07) is 5.87. The lowest BCUT2D eigenvalue weighted by Crippen LogP contribution is -2.37. The molecule has 0 amide bonds. The van der Waals surface area contributed by atoms with Gasteiger partial charge in [0, 0.05) is 11.6 Å². The summed E-state index contributed by atoms with van der Waals surface area (Å²) in [7, 11) is 0. The van der Waals surface area contributed by atoms with E-state index in [9.17, 15) is 0 Å². The zero-order valence-corrected chi connectivity index (χ0v) is 10.4. The fraction of sp³-hybridized carbons (Fsp3) is 0.538. The topological polar surface area (TPSA) is 21.3 Å². The Kier molecular flexibility index (Phi) is 4.08. The van der Waals surface area contributed by atoms with Gasteiger partial charge in [-0.2, -0.15) is 0 Å². The number of rotatable bonds is 3. The standard InChI is InChI=1S/C13H18ClNO/c1-2-10-8-11(14)5-6-13(10)16-12-4-3-7-15-9-12/h5-6,8,12,15H,2-4,7,9H2,1H3. The van der Waals surface area contributed by atoms with Gasteiger partial charge in [-0.25, -0.2) is 0 Å². The van der Waals surface area contributed by atoms with E-state index in [1.807, 2.05) is 18.2 Å². The van der Waals surface area contributed by atoms with Crippen LogP contribution in [0.2, 0.25) is 5.02 Å². The van der Waals surface area contributed by atoms with Crippen LogP contribution in [-0.2, 0) is 6.42 Å². The summed E-state index contributed by atoms with van der Waals surface area (Å²) in [6.07, 6.45) is 3.59. The first kappa shape index (κ1) is 11.7. The molecule has 2 nitrogen and oxygen atoms in total. The predicted octanol–water partition coefficient (Wildman–Crippen LogP) is 3.03. The molecule has 1 N–H and O–H groups in total. The molecule has 1 saturated heterocycles. The highest BCUT2D eigenvalue weighted by molar-refractivity contribution is 6.30. The van der Waals surface area contributed by atoms with E-state index in [4.69, 9.17) is 16.3 Å². The van der Waals surface area contributed by atoms with E-state index in [1.54, 1.807) is 0 Å². The van der Waals surface area contributed by atoms with Crippen LogP contribution < -0.4 is 10.1 Å². The molecule has 3 heteroatoms. The molecule has 1 aliphatic rings. The van der Waals surface area contributed by atoms with Crippen LogP contribution >= 0.6 is 11.6 Å². The van der Waals surface area contributed by atoms with Gasteiger partial charge in [-0.1, -0.05) is 18.5 Å². The molecule has 0 aromatic heterocycles. The number of hydrogen-bond acceptors (Lipinski definition) is 2. The highest BCUT2D eigenvalue weighted by Gasteiger charge is 2.15. The first-order chi connectivity index (χ1) is 7.79. The van der Waals surface area contributed by atoms with E-state index in [-0.39, 0.29) is 0 Å². The van der Waals surface area contributed by atoms with Crippen molar-refractivity contribution in [1.82, 2.24) is 5.32 Å². The first-order valence-electron chi connectivity index (χ1n) is 5.95. The number of nitrogens with one attached hydrogen (secondary N) is 1. The molecule has 1 fully saturated rings. The van der Waals surface area contributed by atoms with Crippen molar-refractivity contribution in [2.24, 2.45) is 0 Å². The van der Waals surface area contributed by atoms with Gasteiger partial charge in [0.25, 0.3) is 0 Å². The Morgan fingerprint density at radius 2 is 2.38 bits per heavy atom. The molecule has 1 heterocycles. The van der Waals surface area contributed by atoms with Gasteiger partial charge >= 0.3 is 0 Å². The van der Waals surface area contributed by atoms with Gasteiger partial charge in [0.15, 0.2) is 0 Å². The molecule has 0 bridgehead atoms. The van der Waals surface area contributed by atoms with E-state index in [0.29, 0.717) is 6.10 Å². The third-order valence-electron chi connectivity index (χ3n) is 2.95. The van der Waals surface area contributed by atoms with E-state index in [1.165, 1.54) is 12.0 Å². The third kappa shape index (κ3) is 2.89. The van der Waals surface area contributed by atoms with E-state index >= 15 is 0 Å². The van der Waals surface area contributed by atoms with Gasteiger partial charge < -0.3 is 10.1 Å². The Balaban J connectivity index is 2.07. The summed E-state index contributed by atoms with van der Waals surface area (Å²) in [5.74, 6) is 0.987. The van der Waals surface area contributed by atoms with Crippen molar-refractivity contribution in [3.63, 3.8) is 0 Å². The molecule has 1 atom stereocenters. The lowest BCUT2D eigenvalue weighted by atomic mass is 10.1. The Bertz CT molecular complexity index is 348. The Morgan fingerprint density at radius 1 is 1.50 bits per heavy atom. The van der Waals surface area contributed by atoms with Crippen molar-refractivity contribution in [1.29, 1.82) is 0 Å². The third-order valence-corrected chi connectivity index (χ3v) is 3.18. The molecule has 0 saturated carbocycles. The van der Waals surface area contributed by atoms with Crippen LogP contribution in [0.5, 0.6) is 5.75 Å². The molecule has 16 heavy (non-hydrogen) atoms. The summed E-state index contributed by atoms with van der Waals surface area (Å²) in [5.41, 5.74) is 1.19. The van der Waals surface area contributed by atoms with Crippen LogP contribution in [-0.4, -0.2) is 19.2 Å². The number of aryl methyl sites for hydroxylation is 1. The molecule has 1 unspecified atom stereocenters. The zero-order chi connectivity index (χ0) is 11.4. The molecule has 1 aromatic carbocycles. The lowest BCUT2D eigenvalue weighted by Gasteiger charge is -2.25. The van der Waals surface area contributed by atoms with E-state index < -0.39 is 0 Å². The minimum absolute atomic E-state index is 0.306. The van der Waals surface area contributed by atoms with Crippen molar-refractivity contribution >= 4 is 11.6 Å². The second kappa shape index (κ2) is 5.55. The maximum absolute atomic E-state index is 6.01. The Hall–Kier alpha value is -0.730. The molecule has 1 aliphatic heterocycles. The quantitative estimate of drug-likeness (QED) is 0.876. The van der Waals surface area contributed by atoms with Crippen molar-refractivity contribution in [2.75, 3.05) is 13.1 Å². The van der Waals surface area contributed by atoms with E-state index in [2.05, 4.69) is 12.2 Å². The normalized spacial score (nSPS) is 20.8. The average Bonchev–Trinajstić information content (AvgIpc) is 2.33. The van der Waals surface area contributed by atoms with Gasteiger partial charge in [0.05, 0.1) is 0 Å². The van der Waals surface area contributed by atoms with Crippen LogP contribution in [0.3, 0.4) is 0 Å². The fourth-order valence-electron chi connectivity index (χ4n) is 2.04. The predicted molar refractivity (Wildman–Crippen MR) is 67.3 cm³/mol. The summed E-state index contributed by atoms with van der Waals surface area (Å²) in [5, 5.41) is 4.14. The highest BCUT2D eigenvalue weighted by Crippen LogP contribution is 2.25. The van der Waals surface area contributed by atoms with Gasteiger partial charge in [-0.05, 0) is 49.6 Å². The maximum Gasteiger partial charge on any atom is 0.123 e. The second-order valence-corrected chi connectivity index (χ2v) is 4.63. The molecular weight excluding hydrogens is 222 g/mol. The SMILES string of the molecule is CCc1cc(Cl)ccc1OC1CCCNC1. The molecular formula is C13H18ClNO. The van der Waals surface area contributed by atoms with Crippen LogP contribution in [0, 0.1) is 0 Å². The van der Waals surface area contributed by atoms with Crippen molar-refractivity contribution in [3.8, 4) is 5.75 Å². The monoisotopic (exact) mass is 239 g/mol. The minimum atomic E-state index is 0.306. The summed E-state index contributed by atoms with van der Waals surface area (Å²) in [6.45, 7) is 4.19. The summed E-state index contributed by atoms with van der Waals surface area (Å²) in [4.78, 5) is 0. The highest BCUT2D eigenvalue weighted by atomic mass is 35.5. The number of hydrogen-bond donors (Lipinski definition) is 1. The largest absolute Gasteiger partial charge is 0.489 e. The summed E-state index contributed by atoms with van der Waals surface area (Å²) < 4.78 is 6.01. The number of benzene rings is 1. The van der Waals surface area contributed by atoms with Gasteiger partial charge in [0.1, 0.15) is 11.9 Å². The first-order valence-corrected chi connectivity index (χ1v) is 6.33. The maximum atomic E-state index is 6.01. The number of piperidine rings is 1. The molecule has 0 aliphatic carbocycles. The van der Waals surface area contributed by atoms with Crippen molar-refractivity contribution < 1.29 is 4.74 Å². The molecule has 0 spiro atoms. The van der Waals surface area contributed by atoms with Crippen LogP contribution in [0.25, 0.3) is 0 Å².